The molecule has 2 heteroatoms. The number of ether oxygens (including phenoxy) is 1. The van der Waals surface area contributed by atoms with E-state index < -0.39 is 0 Å². The Hall–Kier alpha value is -1.31. The molecule has 15 heavy (non-hydrogen) atoms. The van der Waals surface area contributed by atoms with Crippen LogP contribution in [-0.4, -0.2) is 12.4 Å². The van der Waals surface area contributed by atoms with Gasteiger partial charge in [0.2, 0.25) is 0 Å². The first-order valence-corrected chi connectivity index (χ1v) is 5.46. The van der Waals surface area contributed by atoms with Crippen LogP contribution in [0.3, 0.4) is 0 Å². The van der Waals surface area contributed by atoms with Crippen LogP contribution in [0.2, 0.25) is 0 Å². The maximum Gasteiger partial charge on any atom is 0.166 e. The van der Waals surface area contributed by atoms with Gasteiger partial charge in [-0.2, -0.15) is 0 Å². The largest absolute Gasteiger partial charge is 0.492 e. The first-order valence-electron chi connectivity index (χ1n) is 5.46. The van der Waals surface area contributed by atoms with Gasteiger partial charge in [-0.05, 0) is 17.5 Å². The van der Waals surface area contributed by atoms with Gasteiger partial charge in [0, 0.05) is 12.8 Å². The number of hydrogen-bond acceptors (Lipinski definition) is 2. The molecule has 2 rings (SSSR count). The van der Waals surface area contributed by atoms with Gasteiger partial charge < -0.3 is 4.74 Å². The fourth-order valence-electron chi connectivity index (χ4n) is 1.92. The van der Waals surface area contributed by atoms with Crippen molar-refractivity contribution in [2.45, 2.75) is 26.7 Å². The highest BCUT2D eigenvalue weighted by atomic mass is 16.5. The third-order valence-electron chi connectivity index (χ3n) is 2.61. The summed E-state index contributed by atoms with van der Waals surface area (Å²) in [5.41, 5.74) is 1.93. The molecule has 0 spiro atoms. The van der Waals surface area contributed by atoms with Gasteiger partial charge in [0.05, 0.1) is 12.2 Å². The molecule has 2 nitrogen and oxygen atoms in total. The van der Waals surface area contributed by atoms with Crippen molar-refractivity contribution in [2.75, 3.05) is 6.61 Å². The SMILES string of the molecule is CC(C)CC(=O)c1cccc2c1OCC2. The molecule has 1 heterocycles. The number of para-hydroxylation sites is 1. The molecule has 0 saturated heterocycles. The molecule has 0 amide bonds. The van der Waals surface area contributed by atoms with Gasteiger partial charge in [0.15, 0.2) is 5.78 Å². The highest BCUT2D eigenvalue weighted by molar-refractivity contribution is 5.99. The van der Waals surface area contributed by atoms with E-state index in [4.69, 9.17) is 4.74 Å². The van der Waals surface area contributed by atoms with E-state index in [1.165, 1.54) is 5.56 Å². The van der Waals surface area contributed by atoms with Crippen molar-refractivity contribution >= 4 is 5.78 Å². The molecule has 0 bridgehead atoms. The maximum atomic E-state index is 11.9. The second-order valence-corrected chi connectivity index (χ2v) is 4.41. The summed E-state index contributed by atoms with van der Waals surface area (Å²) in [6.45, 7) is 4.82. The summed E-state index contributed by atoms with van der Waals surface area (Å²) in [5, 5.41) is 0. The summed E-state index contributed by atoms with van der Waals surface area (Å²) in [6.07, 6.45) is 1.53. The van der Waals surface area contributed by atoms with Crippen molar-refractivity contribution in [3.63, 3.8) is 0 Å². The zero-order chi connectivity index (χ0) is 10.8. The third-order valence-corrected chi connectivity index (χ3v) is 2.61. The minimum Gasteiger partial charge on any atom is -0.492 e. The van der Waals surface area contributed by atoms with Crippen molar-refractivity contribution < 1.29 is 9.53 Å². The van der Waals surface area contributed by atoms with E-state index in [1.807, 2.05) is 18.2 Å². The average Bonchev–Trinajstić information content (AvgIpc) is 2.63. The molecule has 0 saturated carbocycles. The predicted octanol–water partition coefficient (Wildman–Crippen LogP) is 2.85. The summed E-state index contributed by atoms with van der Waals surface area (Å²) in [6, 6.07) is 5.85. The first-order chi connectivity index (χ1) is 7.18. The highest BCUT2D eigenvalue weighted by Crippen LogP contribution is 2.30. The molecule has 1 aromatic rings. The van der Waals surface area contributed by atoms with Crippen LogP contribution in [0.25, 0.3) is 0 Å². The lowest BCUT2D eigenvalue weighted by Gasteiger charge is -2.08. The van der Waals surface area contributed by atoms with E-state index in [0.29, 0.717) is 18.9 Å². The Morgan fingerprint density at radius 1 is 1.47 bits per heavy atom. The Kier molecular flexibility index (Phi) is 2.76. The molecule has 1 aliphatic heterocycles. The van der Waals surface area contributed by atoms with Crippen LogP contribution in [0.1, 0.15) is 36.2 Å². The van der Waals surface area contributed by atoms with Crippen LogP contribution < -0.4 is 4.74 Å². The first kappa shape index (κ1) is 10.2. The summed E-state index contributed by atoms with van der Waals surface area (Å²) in [7, 11) is 0. The Morgan fingerprint density at radius 2 is 2.27 bits per heavy atom. The van der Waals surface area contributed by atoms with Gasteiger partial charge in [-0.25, -0.2) is 0 Å². The quantitative estimate of drug-likeness (QED) is 0.708. The number of carbonyl (C=O) groups excluding carboxylic acids is 1. The van der Waals surface area contributed by atoms with E-state index in [9.17, 15) is 4.79 Å². The lowest BCUT2D eigenvalue weighted by atomic mass is 9.98. The Balaban J connectivity index is 2.29. The van der Waals surface area contributed by atoms with Crippen molar-refractivity contribution in [3.05, 3.63) is 29.3 Å². The lowest BCUT2D eigenvalue weighted by Crippen LogP contribution is -2.05. The van der Waals surface area contributed by atoms with Crippen molar-refractivity contribution in [2.24, 2.45) is 5.92 Å². The Labute approximate surface area is 90.3 Å². The monoisotopic (exact) mass is 204 g/mol. The van der Waals surface area contributed by atoms with Crippen LogP contribution in [0.4, 0.5) is 0 Å². The third kappa shape index (κ3) is 2.04. The molecular formula is C13H16O2. The Bertz CT molecular complexity index is 380. The second kappa shape index (κ2) is 4.05. The van der Waals surface area contributed by atoms with E-state index in [0.717, 1.165) is 17.7 Å². The average molecular weight is 204 g/mol. The van der Waals surface area contributed by atoms with Crippen molar-refractivity contribution in [1.82, 2.24) is 0 Å². The van der Waals surface area contributed by atoms with Gasteiger partial charge in [0.1, 0.15) is 5.75 Å². The summed E-state index contributed by atoms with van der Waals surface area (Å²) >= 11 is 0. The zero-order valence-corrected chi connectivity index (χ0v) is 9.25. The summed E-state index contributed by atoms with van der Waals surface area (Å²) in [5.74, 6) is 1.42. The maximum absolute atomic E-state index is 11.9. The topological polar surface area (TPSA) is 26.3 Å². The number of hydrogen-bond donors (Lipinski definition) is 0. The van der Waals surface area contributed by atoms with Gasteiger partial charge in [-0.3, -0.25) is 4.79 Å². The number of Topliss-reactive ketones (excluding diaryl/α,β-unsaturated/α-hetero) is 1. The normalized spacial score (nSPS) is 13.8. The van der Waals surface area contributed by atoms with E-state index in [2.05, 4.69) is 13.8 Å². The molecule has 0 radical (unpaired) electrons. The molecule has 1 aliphatic rings. The molecule has 0 fully saturated rings. The van der Waals surface area contributed by atoms with Crippen LogP contribution in [-0.2, 0) is 6.42 Å². The summed E-state index contributed by atoms with van der Waals surface area (Å²) in [4.78, 5) is 11.9. The molecule has 1 aromatic carbocycles. The highest BCUT2D eigenvalue weighted by Gasteiger charge is 2.20. The standard InChI is InChI=1S/C13H16O2/c1-9(2)8-12(14)11-5-3-4-10-6-7-15-13(10)11/h3-5,9H,6-8H2,1-2H3. The van der Waals surface area contributed by atoms with E-state index >= 15 is 0 Å². The molecule has 80 valence electrons. The smallest absolute Gasteiger partial charge is 0.166 e. The fourth-order valence-corrected chi connectivity index (χ4v) is 1.92. The minimum absolute atomic E-state index is 0.198. The summed E-state index contributed by atoms with van der Waals surface area (Å²) < 4.78 is 5.51. The molecule has 0 atom stereocenters. The number of ketones is 1. The lowest BCUT2D eigenvalue weighted by molar-refractivity contribution is 0.0965. The second-order valence-electron chi connectivity index (χ2n) is 4.41. The number of fused-ring (bicyclic) bond motifs is 1. The van der Waals surface area contributed by atoms with Gasteiger partial charge in [0.25, 0.3) is 0 Å². The van der Waals surface area contributed by atoms with Crippen LogP contribution >= 0.6 is 0 Å². The minimum atomic E-state index is 0.198. The van der Waals surface area contributed by atoms with Crippen LogP contribution in [0.5, 0.6) is 5.75 Å². The predicted molar refractivity (Wildman–Crippen MR) is 59.4 cm³/mol. The molecule has 0 aliphatic carbocycles. The van der Waals surface area contributed by atoms with Crippen LogP contribution in [0.15, 0.2) is 18.2 Å². The molecular weight excluding hydrogens is 188 g/mol. The number of rotatable bonds is 3. The van der Waals surface area contributed by atoms with E-state index in [-0.39, 0.29) is 5.78 Å². The fraction of sp³-hybridized carbons (Fsp3) is 0.462. The molecule has 0 unspecified atom stereocenters. The zero-order valence-electron chi connectivity index (χ0n) is 9.25. The van der Waals surface area contributed by atoms with Gasteiger partial charge in [-0.1, -0.05) is 26.0 Å². The van der Waals surface area contributed by atoms with Gasteiger partial charge in [-0.15, -0.1) is 0 Å². The van der Waals surface area contributed by atoms with Gasteiger partial charge >= 0.3 is 0 Å². The molecule has 0 N–H and O–H groups in total. The van der Waals surface area contributed by atoms with Crippen molar-refractivity contribution in [1.29, 1.82) is 0 Å². The van der Waals surface area contributed by atoms with Crippen molar-refractivity contribution in [3.8, 4) is 5.75 Å². The Morgan fingerprint density at radius 3 is 3.00 bits per heavy atom. The van der Waals surface area contributed by atoms with Crippen LogP contribution in [0, 0.1) is 5.92 Å². The van der Waals surface area contributed by atoms with E-state index in [1.54, 1.807) is 0 Å². The number of carbonyl (C=O) groups is 1. The molecule has 0 aromatic heterocycles. The number of benzene rings is 1.